The first-order chi connectivity index (χ1) is 8.65. The standard InChI is InChI=1S/C13H16N2O2S/c1-3-5-9-12(16)14-11(15-13(9)17)10-7-6-8(4-2)18-10/h6-7H,3-5H2,1-2H3,(H2,14,15,16,17). The van der Waals surface area contributed by atoms with Gasteiger partial charge in [-0.3, -0.25) is 4.79 Å². The molecule has 0 aliphatic carbocycles. The summed E-state index contributed by atoms with van der Waals surface area (Å²) in [6, 6.07) is 3.93. The highest BCUT2D eigenvalue weighted by atomic mass is 32.1. The predicted octanol–water partition coefficient (Wildman–Crippen LogP) is 2.72. The monoisotopic (exact) mass is 264 g/mol. The average Bonchev–Trinajstić information content (AvgIpc) is 2.82. The summed E-state index contributed by atoms with van der Waals surface area (Å²) in [5.74, 6) is 0.295. The minimum absolute atomic E-state index is 0.151. The Morgan fingerprint density at radius 3 is 2.72 bits per heavy atom. The van der Waals surface area contributed by atoms with Crippen LogP contribution in [-0.2, 0) is 12.8 Å². The third-order valence-electron chi connectivity index (χ3n) is 2.74. The van der Waals surface area contributed by atoms with Crippen molar-refractivity contribution in [3.8, 4) is 16.6 Å². The second kappa shape index (κ2) is 5.35. The molecule has 0 atom stereocenters. The molecule has 0 saturated heterocycles. The summed E-state index contributed by atoms with van der Waals surface area (Å²) in [6.45, 7) is 4.03. The Labute approximate surface area is 109 Å². The highest BCUT2D eigenvalue weighted by Crippen LogP contribution is 2.26. The number of H-pyrrole nitrogens is 1. The lowest BCUT2D eigenvalue weighted by Gasteiger charge is -2.03. The molecule has 0 aromatic carbocycles. The van der Waals surface area contributed by atoms with E-state index in [1.54, 1.807) is 11.3 Å². The maximum Gasteiger partial charge on any atom is 0.258 e. The molecule has 4 nitrogen and oxygen atoms in total. The molecule has 2 N–H and O–H groups in total. The van der Waals surface area contributed by atoms with Crippen LogP contribution in [0.25, 0.3) is 10.7 Å². The van der Waals surface area contributed by atoms with E-state index in [1.807, 2.05) is 19.1 Å². The molecule has 0 bridgehead atoms. The van der Waals surface area contributed by atoms with Crippen LogP contribution in [0.1, 0.15) is 30.7 Å². The van der Waals surface area contributed by atoms with Gasteiger partial charge in [-0.2, -0.15) is 4.98 Å². The molecule has 0 saturated carbocycles. The van der Waals surface area contributed by atoms with Gasteiger partial charge in [-0.25, -0.2) is 0 Å². The molecule has 18 heavy (non-hydrogen) atoms. The summed E-state index contributed by atoms with van der Waals surface area (Å²) < 4.78 is 0. The van der Waals surface area contributed by atoms with Gasteiger partial charge in [0.15, 0.2) is 5.82 Å². The molecular weight excluding hydrogens is 248 g/mol. The molecule has 2 aromatic heterocycles. The highest BCUT2D eigenvalue weighted by molar-refractivity contribution is 7.15. The molecule has 0 aliphatic rings. The maximum absolute atomic E-state index is 11.8. The smallest absolute Gasteiger partial charge is 0.258 e. The normalized spacial score (nSPS) is 10.8. The van der Waals surface area contributed by atoms with Gasteiger partial charge in [-0.15, -0.1) is 11.3 Å². The molecule has 0 radical (unpaired) electrons. The fourth-order valence-electron chi connectivity index (χ4n) is 1.77. The van der Waals surface area contributed by atoms with Crippen molar-refractivity contribution in [2.24, 2.45) is 0 Å². The Hall–Kier alpha value is -1.62. The summed E-state index contributed by atoms with van der Waals surface area (Å²) in [5.41, 5.74) is 0.124. The van der Waals surface area contributed by atoms with E-state index in [1.165, 1.54) is 4.88 Å². The fraction of sp³-hybridized carbons (Fsp3) is 0.385. The number of nitrogens with zero attached hydrogens (tertiary/aromatic N) is 1. The van der Waals surface area contributed by atoms with Crippen molar-refractivity contribution >= 4 is 11.3 Å². The molecule has 0 fully saturated rings. The summed E-state index contributed by atoms with van der Waals surface area (Å²) in [6.07, 6.45) is 2.30. The minimum Gasteiger partial charge on any atom is -0.493 e. The molecule has 0 aliphatic heterocycles. The fourth-order valence-corrected chi connectivity index (χ4v) is 2.67. The molecule has 0 unspecified atom stereocenters. The second-order valence-corrected chi connectivity index (χ2v) is 5.25. The number of aromatic nitrogens is 2. The van der Waals surface area contributed by atoms with Crippen molar-refractivity contribution in [1.29, 1.82) is 0 Å². The largest absolute Gasteiger partial charge is 0.493 e. The summed E-state index contributed by atoms with van der Waals surface area (Å²) in [7, 11) is 0. The van der Waals surface area contributed by atoms with Crippen molar-refractivity contribution in [2.45, 2.75) is 33.1 Å². The van der Waals surface area contributed by atoms with Crippen molar-refractivity contribution in [3.63, 3.8) is 0 Å². The zero-order valence-corrected chi connectivity index (χ0v) is 11.3. The van der Waals surface area contributed by atoms with E-state index in [9.17, 15) is 9.90 Å². The number of rotatable bonds is 4. The van der Waals surface area contributed by atoms with Gasteiger partial charge in [0.2, 0.25) is 5.88 Å². The van der Waals surface area contributed by atoms with E-state index in [4.69, 9.17) is 0 Å². The van der Waals surface area contributed by atoms with Crippen LogP contribution in [0, 0.1) is 0 Å². The lowest BCUT2D eigenvalue weighted by molar-refractivity contribution is 0.443. The molecule has 2 rings (SSSR count). The van der Waals surface area contributed by atoms with Crippen molar-refractivity contribution in [2.75, 3.05) is 0 Å². The molecule has 2 aromatic rings. The summed E-state index contributed by atoms with van der Waals surface area (Å²) in [4.78, 5) is 20.8. The molecule has 0 spiro atoms. The van der Waals surface area contributed by atoms with E-state index < -0.39 is 0 Å². The van der Waals surface area contributed by atoms with Gasteiger partial charge in [0.25, 0.3) is 5.56 Å². The first-order valence-corrected chi connectivity index (χ1v) is 6.88. The Morgan fingerprint density at radius 1 is 1.39 bits per heavy atom. The second-order valence-electron chi connectivity index (χ2n) is 4.09. The quantitative estimate of drug-likeness (QED) is 0.892. The van der Waals surface area contributed by atoms with E-state index in [0.717, 1.165) is 17.7 Å². The molecular formula is C13H16N2O2S. The van der Waals surface area contributed by atoms with Crippen LogP contribution in [-0.4, -0.2) is 15.1 Å². The third-order valence-corrected chi connectivity index (χ3v) is 3.97. The Bertz CT molecular complexity index is 601. The lowest BCUT2D eigenvalue weighted by atomic mass is 10.2. The average molecular weight is 264 g/mol. The summed E-state index contributed by atoms with van der Waals surface area (Å²) in [5, 5.41) is 9.80. The van der Waals surface area contributed by atoms with Crippen molar-refractivity contribution in [1.82, 2.24) is 9.97 Å². The maximum atomic E-state index is 11.8. The van der Waals surface area contributed by atoms with E-state index in [0.29, 0.717) is 17.8 Å². The van der Waals surface area contributed by atoms with Gasteiger partial charge in [-0.05, 0) is 25.0 Å². The van der Waals surface area contributed by atoms with Crippen LogP contribution in [0.4, 0.5) is 0 Å². The van der Waals surface area contributed by atoms with Crippen LogP contribution >= 0.6 is 11.3 Å². The summed E-state index contributed by atoms with van der Waals surface area (Å²) >= 11 is 1.58. The van der Waals surface area contributed by atoms with Crippen molar-refractivity contribution in [3.05, 3.63) is 32.9 Å². The predicted molar refractivity (Wildman–Crippen MR) is 73.2 cm³/mol. The number of thiophene rings is 1. The number of hydrogen-bond acceptors (Lipinski definition) is 4. The number of hydrogen-bond donors (Lipinski definition) is 2. The van der Waals surface area contributed by atoms with E-state index in [-0.39, 0.29) is 11.4 Å². The zero-order valence-electron chi connectivity index (χ0n) is 10.5. The molecule has 5 heteroatoms. The van der Waals surface area contributed by atoms with Crippen LogP contribution < -0.4 is 5.56 Å². The third kappa shape index (κ3) is 2.46. The van der Waals surface area contributed by atoms with Crippen LogP contribution in [0.3, 0.4) is 0 Å². The number of aromatic hydroxyl groups is 1. The number of aromatic amines is 1. The minimum atomic E-state index is -0.245. The van der Waals surface area contributed by atoms with Gasteiger partial charge in [0.05, 0.1) is 10.4 Å². The lowest BCUT2D eigenvalue weighted by Crippen LogP contribution is -2.14. The van der Waals surface area contributed by atoms with Crippen molar-refractivity contribution < 1.29 is 5.11 Å². The number of nitrogens with one attached hydrogen (secondary N) is 1. The van der Waals surface area contributed by atoms with Gasteiger partial charge in [0, 0.05) is 4.88 Å². The SMILES string of the molecule is CCCc1c(O)nc(-c2ccc(CC)s2)[nH]c1=O. The topological polar surface area (TPSA) is 66.0 Å². The van der Waals surface area contributed by atoms with Gasteiger partial charge >= 0.3 is 0 Å². The first-order valence-electron chi connectivity index (χ1n) is 6.07. The Morgan fingerprint density at radius 2 is 2.17 bits per heavy atom. The zero-order chi connectivity index (χ0) is 13.1. The van der Waals surface area contributed by atoms with Gasteiger partial charge in [-0.1, -0.05) is 20.3 Å². The van der Waals surface area contributed by atoms with Gasteiger partial charge in [0.1, 0.15) is 0 Å². The van der Waals surface area contributed by atoms with Crippen LogP contribution in [0.2, 0.25) is 0 Å². The molecule has 0 amide bonds. The van der Waals surface area contributed by atoms with E-state index >= 15 is 0 Å². The molecule has 96 valence electrons. The Balaban J connectivity index is 2.44. The van der Waals surface area contributed by atoms with Crippen LogP contribution in [0.5, 0.6) is 5.88 Å². The van der Waals surface area contributed by atoms with E-state index in [2.05, 4.69) is 16.9 Å². The Kier molecular flexibility index (Phi) is 3.81. The molecule has 2 heterocycles. The highest BCUT2D eigenvalue weighted by Gasteiger charge is 2.12. The number of aryl methyl sites for hydroxylation is 1. The first kappa shape index (κ1) is 12.8. The van der Waals surface area contributed by atoms with Gasteiger partial charge < -0.3 is 10.1 Å². The van der Waals surface area contributed by atoms with Crippen LogP contribution in [0.15, 0.2) is 16.9 Å².